The molecule has 8 heteroatoms. The van der Waals surface area contributed by atoms with Gasteiger partial charge in [-0.15, -0.1) is 0 Å². The van der Waals surface area contributed by atoms with E-state index in [0.29, 0.717) is 62.3 Å². The van der Waals surface area contributed by atoms with Crippen molar-refractivity contribution in [3.05, 3.63) is 71.3 Å². The van der Waals surface area contributed by atoms with Crippen molar-refractivity contribution < 1.29 is 14.0 Å². The van der Waals surface area contributed by atoms with Crippen LogP contribution in [0.1, 0.15) is 30.7 Å². The van der Waals surface area contributed by atoms with E-state index < -0.39 is 17.3 Å². The first kappa shape index (κ1) is 21.1. The lowest BCUT2D eigenvalue weighted by atomic mass is 9.74. The Morgan fingerprint density at radius 3 is 2.55 bits per heavy atom. The van der Waals surface area contributed by atoms with Gasteiger partial charge in [-0.25, -0.2) is 9.37 Å². The standard InChI is InChI=1S/C25H24FN5O2/c26-18-9-7-17(8-10-18)23-22-19(4-3-5-20(22)32)29-25(23,16-27)24(33)31-14-12-30(13-15-31)21-6-1-2-11-28-21/h1-2,6-11,23,29H,3-5,12-15H2. The molecule has 2 atom stereocenters. The summed E-state index contributed by atoms with van der Waals surface area (Å²) in [4.78, 5) is 35.0. The van der Waals surface area contributed by atoms with Crippen LogP contribution in [0.4, 0.5) is 10.2 Å². The highest BCUT2D eigenvalue weighted by Crippen LogP contribution is 2.46. The highest BCUT2D eigenvalue weighted by molar-refractivity contribution is 6.04. The van der Waals surface area contributed by atoms with Gasteiger partial charge in [0.05, 0.1) is 5.92 Å². The van der Waals surface area contributed by atoms with Crippen molar-refractivity contribution in [3.63, 3.8) is 0 Å². The van der Waals surface area contributed by atoms with E-state index in [9.17, 15) is 19.2 Å². The zero-order valence-electron chi connectivity index (χ0n) is 18.1. The lowest BCUT2D eigenvalue weighted by Crippen LogP contribution is -2.61. The fourth-order valence-electron chi connectivity index (χ4n) is 5.17. The Balaban J connectivity index is 1.46. The zero-order chi connectivity index (χ0) is 23.0. The summed E-state index contributed by atoms with van der Waals surface area (Å²) >= 11 is 0. The summed E-state index contributed by atoms with van der Waals surface area (Å²) in [5, 5.41) is 13.6. The Bertz CT molecular complexity index is 1150. The molecule has 7 nitrogen and oxygen atoms in total. The molecule has 2 aliphatic heterocycles. The summed E-state index contributed by atoms with van der Waals surface area (Å²) in [6, 6.07) is 13.7. The number of benzene rings is 1. The predicted octanol–water partition coefficient (Wildman–Crippen LogP) is 2.53. The van der Waals surface area contributed by atoms with E-state index in [1.54, 1.807) is 23.2 Å². The number of carbonyl (C=O) groups excluding carboxylic acids is 2. The van der Waals surface area contributed by atoms with Gasteiger partial charge >= 0.3 is 0 Å². The number of Topliss-reactive ketones (excluding diaryl/α,β-unsaturated/α-hetero) is 1. The second-order valence-corrected chi connectivity index (χ2v) is 8.67. The summed E-state index contributed by atoms with van der Waals surface area (Å²) in [7, 11) is 0. The molecule has 1 fully saturated rings. The van der Waals surface area contributed by atoms with Crippen molar-refractivity contribution in [2.24, 2.45) is 0 Å². The maximum atomic E-state index is 13.9. The van der Waals surface area contributed by atoms with E-state index in [2.05, 4.69) is 21.3 Å². The minimum atomic E-state index is -1.63. The predicted molar refractivity (Wildman–Crippen MR) is 120 cm³/mol. The van der Waals surface area contributed by atoms with Crippen LogP contribution < -0.4 is 10.2 Å². The molecule has 2 aromatic rings. The number of nitriles is 1. The summed E-state index contributed by atoms with van der Waals surface area (Å²) < 4.78 is 13.6. The fourth-order valence-corrected chi connectivity index (χ4v) is 5.17. The zero-order valence-corrected chi connectivity index (χ0v) is 18.1. The Kier molecular flexibility index (Phi) is 5.33. The van der Waals surface area contributed by atoms with E-state index in [-0.39, 0.29) is 11.7 Å². The van der Waals surface area contributed by atoms with Crippen LogP contribution in [0.5, 0.6) is 0 Å². The van der Waals surface area contributed by atoms with Gasteiger partial charge in [0.15, 0.2) is 5.78 Å². The van der Waals surface area contributed by atoms with Gasteiger partial charge in [0.2, 0.25) is 5.54 Å². The molecular formula is C25H24FN5O2. The fraction of sp³-hybridized carbons (Fsp3) is 0.360. The third kappa shape index (κ3) is 3.54. The molecule has 0 radical (unpaired) electrons. The lowest BCUT2D eigenvalue weighted by Gasteiger charge is -2.40. The van der Waals surface area contributed by atoms with Gasteiger partial charge in [-0.3, -0.25) is 9.59 Å². The molecule has 168 valence electrons. The Hall–Kier alpha value is -3.73. The van der Waals surface area contributed by atoms with Gasteiger partial charge in [0.1, 0.15) is 17.7 Å². The third-order valence-corrected chi connectivity index (χ3v) is 6.78. The molecule has 3 heterocycles. The van der Waals surface area contributed by atoms with Crippen LogP contribution in [0.2, 0.25) is 0 Å². The lowest BCUT2D eigenvalue weighted by molar-refractivity contribution is -0.136. The molecular weight excluding hydrogens is 421 g/mol. The van der Waals surface area contributed by atoms with Crippen LogP contribution in [0.3, 0.4) is 0 Å². The third-order valence-electron chi connectivity index (χ3n) is 6.78. The van der Waals surface area contributed by atoms with Crippen molar-refractivity contribution in [1.82, 2.24) is 15.2 Å². The van der Waals surface area contributed by atoms with Crippen molar-refractivity contribution in [1.29, 1.82) is 5.26 Å². The second kappa shape index (κ2) is 8.32. The number of hydrogen-bond acceptors (Lipinski definition) is 6. The number of aromatic nitrogens is 1. The Morgan fingerprint density at radius 1 is 1.12 bits per heavy atom. The number of carbonyl (C=O) groups is 2. The molecule has 0 spiro atoms. The number of pyridine rings is 1. The largest absolute Gasteiger partial charge is 0.362 e. The van der Waals surface area contributed by atoms with Gasteiger partial charge in [0.25, 0.3) is 5.91 Å². The van der Waals surface area contributed by atoms with Crippen molar-refractivity contribution >= 4 is 17.5 Å². The average molecular weight is 445 g/mol. The molecule has 1 aromatic heterocycles. The van der Waals surface area contributed by atoms with Crippen LogP contribution in [0, 0.1) is 17.1 Å². The first-order valence-electron chi connectivity index (χ1n) is 11.2. The second-order valence-electron chi connectivity index (χ2n) is 8.67. The smallest absolute Gasteiger partial charge is 0.264 e. The Labute approximate surface area is 191 Å². The number of hydrogen-bond donors (Lipinski definition) is 1. The van der Waals surface area contributed by atoms with E-state index in [1.165, 1.54) is 12.1 Å². The van der Waals surface area contributed by atoms with Gasteiger partial charge in [-0.05, 0) is 42.7 Å². The molecule has 0 bridgehead atoms. The topological polar surface area (TPSA) is 89.3 Å². The first-order chi connectivity index (χ1) is 16.0. The van der Waals surface area contributed by atoms with E-state index in [1.807, 2.05) is 18.2 Å². The molecule has 2 unspecified atom stereocenters. The van der Waals surface area contributed by atoms with Gasteiger partial charge in [-0.1, -0.05) is 18.2 Å². The number of allylic oxidation sites excluding steroid dienone is 1. The molecule has 5 rings (SSSR count). The van der Waals surface area contributed by atoms with Crippen LogP contribution in [-0.4, -0.2) is 53.3 Å². The van der Waals surface area contributed by atoms with Crippen molar-refractivity contribution in [2.75, 3.05) is 31.1 Å². The van der Waals surface area contributed by atoms with E-state index in [0.717, 1.165) is 5.82 Å². The average Bonchev–Trinajstić information content (AvgIpc) is 3.21. The summed E-state index contributed by atoms with van der Waals surface area (Å²) in [6.45, 7) is 2.07. The van der Waals surface area contributed by atoms with Gasteiger partial charge in [-0.2, -0.15) is 5.26 Å². The number of nitrogens with one attached hydrogen (secondary N) is 1. The van der Waals surface area contributed by atoms with Gasteiger partial charge in [0, 0.05) is 50.1 Å². The highest BCUT2D eigenvalue weighted by Gasteiger charge is 2.57. The molecule has 1 saturated heterocycles. The van der Waals surface area contributed by atoms with Crippen LogP contribution in [0.25, 0.3) is 0 Å². The minimum absolute atomic E-state index is 0.0528. The number of halogens is 1. The number of rotatable bonds is 3. The molecule has 1 N–H and O–H groups in total. The molecule has 3 aliphatic rings. The Morgan fingerprint density at radius 2 is 1.88 bits per heavy atom. The summed E-state index contributed by atoms with van der Waals surface area (Å²) in [6.07, 6.45) is 3.42. The molecule has 0 saturated carbocycles. The summed E-state index contributed by atoms with van der Waals surface area (Å²) in [5.41, 5.74) is 0.124. The number of amides is 1. The normalized spacial score (nSPS) is 24.8. The SMILES string of the molecule is N#CC1(C(=O)N2CCN(c3ccccn3)CC2)NC2=C(C(=O)CCC2)C1c1ccc(F)cc1. The maximum Gasteiger partial charge on any atom is 0.264 e. The first-order valence-corrected chi connectivity index (χ1v) is 11.2. The number of anilines is 1. The quantitative estimate of drug-likeness (QED) is 0.781. The van der Waals surface area contributed by atoms with Gasteiger partial charge < -0.3 is 15.1 Å². The number of nitrogens with zero attached hydrogens (tertiary/aromatic N) is 4. The number of piperazine rings is 1. The minimum Gasteiger partial charge on any atom is -0.362 e. The molecule has 1 amide bonds. The van der Waals surface area contributed by atoms with E-state index >= 15 is 0 Å². The summed E-state index contributed by atoms with van der Waals surface area (Å²) in [5.74, 6) is -0.726. The molecule has 1 aliphatic carbocycles. The maximum absolute atomic E-state index is 13.9. The van der Waals surface area contributed by atoms with Crippen molar-refractivity contribution in [3.8, 4) is 6.07 Å². The van der Waals surface area contributed by atoms with Crippen molar-refractivity contribution in [2.45, 2.75) is 30.7 Å². The molecule has 33 heavy (non-hydrogen) atoms. The van der Waals surface area contributed by atoms with E-state index in [4.69, 9.17) is 0 Å². The number of ketones is 1. The van der Waals surface area contributed by atoms with Crippen LogP contribution in [-0.2, 0) is 9.59 Å². The van der Waals surface area contributed by atoms with Crippen LogP contribution in [0.15, 0.2) is 59.9 Å². The monoisotopic (exact) mass is 445 g/mol. The highest BCUT2D eigenvalue weighted by atomic mass is 19.1. The van der Waals surface area contributed by atoms with Crippen LogP contribution >= 0.6 is 0 Å². The molecule has 1 aromatic carbocycles.